The smallest absolute Gasteiger partial charge is 0.145 e. The van der Waals surface area contributed by atoms with E-state index in [2.05, 4.69) is 223 Å². The predicted molar refractivity (Wildman–Crippen MR) is 234 cm³/mol. The maximum Gasteiger partial charge on any atom is 0.145 e. The fraction of sp³-hybridized carbons (Fsp3) is 0.0377. The molecular formula is C53H39N3. The van der Waals surface area contributed by atoms with Gasteiger partial charge in [0.15, 0.2) is 0 Å². The average Bonchev–Trinajstić information content (AvgIpc) is 3.29. The van der Waals surface area contributed by atoms with Crippen LogP contribution in [0, 0.1) is 0 Å². The van der Waals surface area contributed by atoms with Gasteiger partial charge in [0.05, 0.1) is 11.8 Å². The number of anilines is 1. The van der Waals surface area contributed by atoms with Gasteiger partial charge in [-0.2, -0.15) is 0 Å². The normalized spacial score (nSPS) is 16.1. The molecule has 8 aromatic carbocycles. The molecule has 0 saturated carbocycles. The van der Waals surface area contributed by atoms with Crippen molar-refractivity contribution in [3.05, 3.63) is 246 Å². The summed E-state index contributed by atoms with van der Waals surface area (Å²) in [6.45, 7) is 0. The Morgan fingerprint density at radius 3 is 1.73 bits per heavy atom. The van der Waals surface area contributed by atoms with Crippen LogP contribution in [0.4, 0.5) is 5.69 Å². The molecule has 2 aliphatic rings. The molecule has 8 aromatic rings. The van der Waals surface area contributed by atoms with Gasteiger partial charge in [0, 0.05) is 16.9 Å². The van der Waals surface area contributed by atoms with Crippen LogP contribution in [0.5, 0.6) is 0 Å². The average molecular weight is 718 g/mol. The Labute approximate surface area is 328 Å². The monoisotopic (exact) mass is 717 g/mol. The third-order valence-electron chi connectivity index (χ3n) is 10.9. The van der Waals surface area contributed by atoms with Crippen molar-refractivity contribution in [3.8, 4) is 22.3 Å². The van der Waals surface area contributed by atoms with Gasteiger partial charge < -0.3 is 10.6 Å². The van der Waals surface area contributed by atoms with Crippen LogP contribution in [0.3, 0.4) is 0 Å². The molecule has 0 bridgehead atoms. The van der Waals surface area contributed by atoms with Crippen LogP contribution in [-0.4, -0.2) is 5.71 Å². The molecule has 2 aliphatic heterocycles. The van der Waals surface area contributed by atoms with Crippen LogP contribution in [-0.2, 0) is 0 Å². The highest BCUT2D eigenvalue weighted by Gasteiger charge is 2.25. The molecule has 56 heavy (non-hydrogen) atoms. The van der Waals surface area contributed by atoms with Crippen molar-refractivity contribution in [2.75, 3.05) is 5.32 Å². The van der Waals surface area contributed by atoms with Crippen molar-refractivity contribution in [1.82, 2.24) is 5.32 Å². The first-order chi connectivity index (χ1) is 27.7. The number of rotatable bonds is 7. The molecule has 0 aromatic heterocycles. The quantitative estimate of drug-likeness (QED) is 0.172. The highest BCUT2D eigenvalue weighted by atomic mass is 15.1. The number of benzene rings is 8. The molecule has 3 nitrogen and oxygen atoms in total. The Hall–Kier alpha value is -7.23. The summed E-state index contributed by atoms with van der Waals surface area (Å²) in [6.07, 6.45) is 4.29. The van der Waals surface area contributed by atoms with Crippen molar-refractivity contribution in [2.45, 2.75) is 12.2 Å². The zero-order valence-electron chi connectivity index (χ0n) is 30.8. The lowest BCUT2D eigenvalue weighted by Crippen LogP contribution is -2.24. The molecule has 0 saturated heterocycles. The zero-order chi connectivity index (χ0) is 37.3. The minimum absolute atomic E-state index is 0.0706. The number of hydrogen-bond acceptors (Lipinski definition) is 3. The molecular weight excluding hydrogens is 679 g/mol. The molecule has 0 amide bonds. The number of allylic oxidation sites excluding steroid dienone is 1. The summed E-state index contributed by atoms with van der Waals surface area (Å²) in [5, 5.41) is 10.1. The number of nitrogens with zero attached hydrogens (tertiary/aromatic N) is 1. The van der Waals surface area contributed by atoms with Crippen LogP contribution in [0.25, 0.3) is 44.3 Å². The molecule has 2 N–H and O–H groups in total. The summed E-state index contributed by atoms with van der Waals surface area (Å²) in [4.78, 5) is 5.34. The van der Waals surface area contributed by atoms with Gasteiger partial charge in [0.25, 0.3) is 0 Å². The number of aliphatic imine (C=N–C) groups is 1. The lowest BCUT2D eigenvalue weighted by atomic mass is 9.85. The van der Waals surface area contributed by atoms with E-state index in [1.54, 1.807) is 0 Å². The summed E-state index contributed by atoms with van der Waals surface area (Å²) >= 11 is 0. The molecule has 0 fully saturated rings. The summed E-state index contributed by atoms with van der Waals surface area (Å²) < 4.78 is 0. The molecule has 2 unspecified atom stereocenters. The van der Waals surface area contributed by atoms with Crippen molar-refractivity contribution in [3.63, 3.8) is 0 Å². The fourth-order valence-corrected chi connectivity index (χ4v) is 8.15. The molecule has 2 atom stereocenters. The maximum absolute atomic E-state index is 5.34. The van der Waals surface area contributed by atoms with Crippen LogP contribution in [0.1, 0.15) is 45.6 Å². The summed E-state index contributed by atoms with van der Waals surface area (Å²) in [5.74, 6) is 0. The van der Waals surface area contributed by atoms with Gasteiger partial charge in [-0.25, -0.2) is 0 Å². The molecule has 3 heteroatoms. The predicted octanol–water partition coefficient (Wildman–Crippen LogP) is 12.9. The molecule has 266 valence electrons. The van der Waals surface area contributed by atoms with E-state index < -0.39 is 0 Å². The van der Waals surface area contributed by atoms with Crippen LogP contribution < -0.4 is 10.6 Å². The van der Waals surface area contributed by atoms with Gasteiger partial charge >= 0.3 is 0 Å². The Bertz CT molecular complexity index is 2770. The van der Waals surface area contributed by atoms with E-state index in [4.69, 9.17) is 4.99 Å². The van der Waals surface area contributed by atoms with Gasteiger partial charge in [-0.15, -0.1) is 0 Å². The van der Waals surface area contributed by atoms with Crippen molar-refractivity contribution < 1.29 is 0 Å². The standard InChI is InChI=1S/C53H39N3/c1-5-15-36(16-6-1)37-27-29-41(30-28-37)51-35-50(40-21-11-4-12-22-40)55-53(56-51)43-24-13-23-42(33-43)44-25-14-26-46-45(44)31-32-48-52(46)47(38-17-7-2-8-18-38)34-49(54-48)39-19-9-3-10-20-39/h1-35,49,53-55H. The number of fused-ring (bicyclic) bond motifs is 3. The largest absolute Gasteiger partial charge is 0.374 e. The highest BCUT2D eigenvalue weighted by molar-refractivity contribution is 6.13. The minimum atomic E-state index is -0.270. The summed E-state index contributed by atoms with van der Waals surface area (Å²) in [5.41, 5.74) is 16.2. The Morgan fingerprint density at radius 2 is 1.00 bits per heavy atom. The van der Waals surface area contributed by atoms with Gasteiger partial charge in [-0.3, -0.25) is 4.99 Å². The highest BCUT2D eigenvalue weighted by Crippen LogP contribution is 2.44. The third kappa shape index (κ3) is 6.40. The molecule has 0 radical (unpaired) electrons. The fourth-order valence-electron chi connectivity index (χ4n) is 8.15. The van der Waals surface area contributed by atoms with Crippen LogP contribution >= 0.6 is 0 Å². The molecule has 0 aliphatic carbocycles. The van der Waals surface area contributed by atoms with E-state index in [1.165, 1.54) is 49.7 Å². The van der Waals surface area contributed by atoms with E-state index in [-0.39, 0.29) is 12.2 Å². The first kappa shape index (κ1) is 33.3. The van der Waals surface area contributed by atoms with Crippen molar-refractivity contribution >= 4 is 33.4 Å². The van der Waals surface area contributed by atoms with Gasteiger partial charge in [0.1, 0.15) is 6.17 Å². The number of hydrogen-bond donors (Lipinski definition) is 2. The second-order valence-corrected chi connectivity index (χ2v) is 14.4. The van der Waals surface area contributed by atoms with Crippen molar-refractivity contribution in [1.29, 1.82) is 0 Å². The van der Waals surface area contributed by atoms with E-state index in [9.17, 15) is 0 Å². The first-order valence-electron chi connectivity index (χ1n) is 19.3. The van der Waals surface area contributed by atoms with Crippen molar-refractivity contribution in [2.24, 2.45) is 4.99 Å². The van der Waals surface area contributed by atoms with Crippen LogP contribution in [0.2, 0.25) is 0 Å². The van der Waals surface area contributed by atoms with E-state index in [0.717, 1.165) is 39.3 Å². The first-order valence-corrected chi connectivity index (χ1v) is 19.3. The number of nitrogens with one attached hydrogen (secondary N) is 2. The zero-order valence-corrected chi connectivity index (χ0v) is 30.8. The molecule has 10 rings (SSSR count). The van der Waals surface area contributed by atoms with Gasteiger partial charge in [-0.1, -0.05) is 188 Å². The third-order valence-corrected chi connectivity index (χ3v) is 10.9. The Morgan fingerprint density at radius 1 is 0.411 bits per heavy atom. The lowest BCUT2D eigenvalue weighted by molar-refractivity contribution is 0.664. The summed E-state index contributed by atoms with van der Waals surface area (Å²) in [7, 11) is 0. The van der Waals surface area contributed by atoms with E-state index in [0.29, 0.717) is 0 Å². The maximum atomic E-state index is 5.34. The molecule has 2 heterocycles. The second kappa shape index (κ2) is 14.5. The summed E-state index contributed by atoms with van der Waals surface area (Å²) in [6, 6.07) is 71.5. The van der Waals surface area contributed by atoms with E-state index >= 15 is 0 Å². The van der Waals surface area contributed by atoms with Crippen LogP contribution in [0.15, 0.2) is 217 Å². The second-order valence-electron chi connectivity index (χ2n) is 14.4. The lowest BCUT2D eigenvalue weighted by Gasteiger charge is -2.29. The minimum Gasteiger partial charge on any atom is -0.374 e. The topological polar surface area (TPSA) is 36.4 Å². The molecule has 0 spiro atoms. The van der Waals surface area contributed by atoms with Gasteiger partial charge in [-0.05, 0) is 90.7 Å². The van der Waals surface area contributed by atoms with E-state index in [1.807, 2.05) is 0 Å². The Balaban J connectivity index is 1.05. The van der Waals surface area contributed by atoms with Gasteiger partial charge in [0.2, 0.25) is 0 Å². The Kier molecular flexibility index (Phi) is 8.66. The SMILES string of the molecule is C1=C(c2ccccc2)NC(c2cccc(-c3cccc4c5c(ccc34)NC(c3ccccc3)C=C5c3ccccc3)c2)N=C1c1ccc(-c2ccccc2)cc1.